The lowest BCUT2D eigenvalue weighted by Gasteiger charge is -2.38. The number of alkyl halides is 3. The molecule has 35 heavy (non-hydrogen) atoms. The van der Waals surface area contributed by atoms with E-state index >= 15 is 0 Å². The molecule has 2 aromatic rings. The van der Waals surface area contributed by atoms with Crippen molar-refractivity contribution in [1.29, 1.82) is 0 Å². The average Bonchev–Trinajstić information content (AvgIpc) is 2.82. The molecule has 1 aliphatic rings. The number of carbonyl (C=O) groups excluding carboxylic acids is 1. The van der Waals surface area contributed by atoms with Crippen molar-refractivity contribution < 1.29 is 27.4 Å². The van der Waals surface area contributed by atoms with Gasteiger partial charge < -0.3 is 19.7 Å². The van der Waals surface area contributed by atoms with E-state index in [1.807, 2.05) is 25.1 Å². The highest BCUT2D eigenvalue weighted by Gasteiger charge is 2.33. The third-order valence-corrected chi connectivity index (χ3v) is 6.01. The number of carbonyl (C=O) groups is 1. The number of aromatic nitrogens is 2. The van der Waals surface area contributed by atoms with Gasteiger partial charge in [0, 0.05) is 25.8 Å². The molecule has 0 bridgehead atoms. The van der Waals surface area contributed by atoms with Gasteiger partial charge in [-0.25, -0.2) is 0 Å². The van der Waals surface area contributed by atoms with Crippen molar-refractivity contribution in [3.05, 3.63) is 41.6 Å². The SMILES string of the molecule is COC(=O)CC(C)c1ccc(N(CC(C)C)C2CCOCC2)c(Nc2ccc(C(F)(F)F)nn2)c1. The van der Waals surface area contributed by atoms with Gasteiger partial charge in [0.2, 0.25) is 0 Å². The highest BCUT2D eigenvalue weighted by atomic mass is 19.4. The molecule has 0 saturated carbocycles. The van der Waals surface area contributed by atoms with Gasteiger partial charge in [0.15, 0.2) is 11.5 Å². The summed E-state index contributed by atoms with van der Waals surface area (Å²) in [6, 6.07) is 8.35. The van der Waals surface area contributed by atoms with Crippen molar-refractivity contribution in [3.63, 3.8) is 0 Å². The molecular weight excluding hydrogens is 461 g/mol. The number of methoxy groups -OCH3 is 1. The summed E-state index contributed by atoms with van der Waals surface area (Å²) >= 11 is 0. The Balaban J connectivity index is 2.00. The first-order chi connectivity index (χ1) is 16.6. The second-order valence-corrected chi connectivity index (χ2v) is 9.27. The number of nitrogens with zero attached hydrogens (tertiary/aromatic N) is 3. The van der Waals surface area contributed by atoms with Crippen LogP contribution in [0.5, 0.6) is 0 Å². The molecule has 1 aromatic heterocycles. The number of esters is 1. The van der Waals surface area contributed by atoms with E-state index in [9.17, 15) is 18.0 Å². The van der Waals surface area contributed by atoms with E-state index in [2.05, 4.69) is 34.3 Å². The zero-order valence-corrected chi connectivity index (χ0v) is 20.6. The Morgan fingerprint density at radius 2 is 1.89 bits per heavy atom. The predicted octanol–water partition coefficient (Wildman–Crippen LogP) is 5.55. The van der Waals surface area contributed by atoms with Crippen LogP contribution in [0.4, 0.5) is 30.4 Å². The molecule has 1 atom stereocenters. The fourth-order valence-electron chi connectivity index (χ4n) is 4.18. The van der Waals surface area contributed by atoms with Crippen LogP contribution in [-0.4, -0.2) is 49.1 Å². The van der Waals surface area contributed by atoms with E-state index in [4.69, 9.17) is 9.47 Å². The van der Waals surface area contributed by atoms with Crippen molar-refractivity contribution in [2.24, 2.45) is 5.92 Å². The molecule has 3 rings (SSSR count). The monoisotopic (exact) mass is 494 g/mol. The molecule has 1 aromatic carbocycles. The molecule has 0 radical (unpaired) electrons. The summed E-state index contributed by atoms with van der Waals surface area (Å²) in [5.74, 6) is 0.161. The Hall–Kier alpha value is -2.88. The molecule has 1 unspecified atom stereocenters. The van der Waals surface area contributed by atoms with Crippen molar-refractivity contribution in [2.45, 2.75) is 58.2 Å². The standard InChI is InChI=1S/C25H33F3N4O3/c1-16(2)15-32(19-9-11-35-12-10-19)21-6-5-18(17(3)13-24(33)34-4)14-20(21)29-23-8-7-22(30-31-23)25(26,27)28/h5-8,14,16-17,19H,9-13,15H2,1-4H3,(H,29,31). The number of hydrogen-bond donors (Lipinski definition) is 1. The molecule has 1 fully saturated rings. The van der Waals surface area contributed by atoms with Gasteiger partial charge >= 0.3 is 12.1 Å². The normalized spacial score (nSPS) is 15.7. The van der Waals surface area contributed by atoms with E-state index in [1.54, 1.807) is 0 Å². The van der Waals surface area contributed by atoms with Crippen molar-refractivity contribution >= 4 is 23.2 Å². The Kier molecular flexibility index (Phi) is 8.93. The van der Waals surface area contributed by atoms with Gasteiger partial charge in [-0.3, -0.25) is 4.79 Å². The van der Waals surface area contributed by atoms with Crippen LogP contribution in [0.3, 0.4) is 0 Å². The van der Waals surface area contributed by atoms with E-state index < -0.39 is 11.9 Å². The minimum Gasteiger partial charge on any atom is -0.469 e. The van der Waals surface area contributed by atoms with Crippen LogP contribution in [0.15, 0.2) is 30.3 Å². The van der Waals surface area contributed by atoms with Crippen molar-refractivity contribution in [3.8, 4) is 0 Å². The number of hydrogen-bond acceptors (Lipinski definition) is 7. The third-order valence-electron chi connectivity index (χ3n) is 6.01. The van der Waals surface area contributed by atoms with Gasteiger partial charge in [-0.15, -0.1) is 10.2 Å². The lowest BCUT2D eigenvalue weighted by Crippen LogP contribution is -2.42. The number of halogens is 3. The van der Waals surface area contributed by atoms with E-state index in [-0.39, 0.29) is 30.2 Å². The minimum atomic E-state index is -4.56. The van der Waals surface area contributed by atoms with Crippen LogP contribution in [-0.2, 0) is 20.4 Å². The summed E-state index contributed by atoms with van der Waals surface area (Å²) in [5.41, 5.74) is 1.46. The molecule has 7 nitrogen and oxygen atoms in total. The van der Waals surface area contributed by atoms with Gasteiger partial charge in [0.1, 0.15) is 0 Å². The zero-order chi connectivity index (χ0) is 25.6. The van der Waals surface area contributed by atoms with Gasteiger partial charge in [-0.1, -0.05) is 26.8 Å². The third kappa shape index (κ3) is 7.30. The molecular formula is C25H33F3N4O3. The van der Waals surface area contributed by atoms with Gasteiger partial charge in [-0.2, -0.15) is 13.2 Å². The number of anilines is 3. The largest absolute Gasteiger partial charge is 0.469 e. The summed E-state index contributed by atoms with van der Waals surface area (Å²) in [6.07, 6.45) is -2.58. The number of rotatable bonds is 9. The topological polar surface area (TPSA) is 76.6 Å². The summed E-state index contributed by atoms with van der Waals surface area (Å²) < 4.78 is 49.2. The van der Waals surface area contributed by atoms with Crippen molar-refractivity contribution in [1.82, 2.24) is 10.2 Å². The highest BCUT2D eigenvalue weighted by Crippen LogP contribution is 2.36. The highest BCUT2D eigenvalue weighted by molar-refractivity contribution is 5.76. The lowest BCUT2D eigenvalue weighted by atomic mass is 9.95. The smallest absolute Gasteiger partial charge is 0.435 e. The number of benzene rings is 1. The van der Waals surface area contributed by atoms with Crippen LogP contribution < -0.4 is 10.2 Å². The maximum atomic E-state index is 12.9. The summed E-state index contributed by atoms with van der Waals surface area (Å²) in [4.78, 5) is 14.2. The Morgan fingerprint density at radius 1 is 1.17 bits per heavy atom. The number of ether oxygens (including phenoxy) is 2. The van der Waals surface area contributed by atoms with Crippen LogP contribution in [0.25, 0.3) is 0 Å². The van der Waals surface area contributed by atoms with Gasteiger partial charge in [0.05, 0.1) is 24.9 Å². The van der Waals surface area contributed by atoms with E-state index in [0.29, 0.717) is 24.8 Å². The summed E-state index contributed by atoms with van der Waals surface area (Å²) in [5, 5.41) is 10.3. The van der Waals surface area contributed by atoms with Crippen LogP contribution in [0, 0.1) is 5.92 Å². The van der Waals surface area contributed by atoms with Crippen LogP contribution in [0.2, 0.25) is 0 Å². The van der Waals surface area contributed by atoms with Crippen molar-refractivity contribution in [2.75, 3.05) is 37.1 Å². The molecule has 0 aliphatic carbocycles. The zero-order valence-electron chi connectivity index (χ0n) is 20.6. The molecule has 1 N–H and O–H groups in total. The molecule has 0 spiro atoms. The number of nitrogens with one attached hydrogen (secondary N) is 1. The van der Waals surface area contributed by atoms with E-state index in [0.717, 1.165) is 36.7 Å². The molecule has 1 aliphatic heterocycles. The molecule has 1 saturated heterocycles. The second kappa shape index (κ2) is 11.7. The Bertz CT molecular complexity index is 977. The summed E-state index contributed by atoms with van der Waals surface area (Å²) in [7, 11) is 1.35. The van der Waals surface area contributed by atoms with Gasteiger partial charge in [0.25, 0.3) is 0 Å². The molecule has 10 heteroatoms. The molecule has 192 valence electrons. The quantitative estimate of drug-likeness (QED) is 0.458. The average molecular weight is 495 g/mol. The Morgan fingerprint density at radius 3 is 2.46 bits per heavy atom. The fraction of sp³-hybridized carbons (Fsp3) is 0.560. The lowest BCUT2D eigenvalue weighted by molar-refractivity contribution is -0.142. The maximum absolute atomic E-state index is 12.9. The fourth-order valence-corrected chi connectivity index (χ4v) is 4.18. The minimum absolute atomic E-state index is 0.114. The first kappa shape index (κ1) is 26.7. The molecule has 2 heterocycles. The van der Waals surface area contributed by atoms with Crippen LogP contribution >= 0.6 is 0 Å². The first-order valence-corrected chi connectivity index (χ1v) is 11.8. The Labute approximate surface area is 204 Å². The second-order valence-electron chi connectivity index (χ2n) is 9.27. The summed E-state index contributed by atoms with van der Waals surface area (Å²) in [6.45, 7) is 8.38. The maximum Gasteiger partial charge on any atom is 0.435 e. The van der Waals surface area contributed by atoms with Crippen LogP contribution in [0.1, 0.15) is 57.2 Å². The van der Waals surface area contributed by atoms with E-state index in [1.165, 1.54) is 13.2 Å². The van der Waals surface area contributed by atoms with Gasteiger partial charge in [-0.05, 0) is 54.5 Å². The predicted molar refractivity (Wildman–Crippen MR) is 128 cm³/mol. The molecule has 0 amide bonds. The first-order valence-electron chi connectivity index (χ1n) is 11.8.